The van der Waals surface area contributed by atoms with Crippen molar-refractivity contribution >= 4 is 22.9 Å². The average Bonchev–Trinajstić information content (AvgIpc) is 3.20. The molecule has 29 heavy (non-hydrogen) atoms. The number of allylic oxidation sites excluding steroid dienone is 1. The first-order valence-electron chi connectivity index (χ1n) is 9.52. The molecule has 0 unspecified atom stereocenters. The first-order chi connectivity index (χ1) is 14.2. The molecule has 0 N–H and O–H groups in total. The van der Waals surface area contributed by atoms with Crippen molar-refractivity contribution in [3.8, 4) is 5.75 Å². The number of benzene rings is 2. The van der Waals surface area contributed by atoms with Crippen LogP contribution in [-0.4, -0.2) is 22.6 Å². The van der Waals surface area contributed by atoms with E-state index >= 15 is 0 Å². The Morgan fingerprint density at radius 2 is 1.90 bits per heavy atom. The number of esters is 1. The van der Waals surface area contributed by atoms with Gasteiger partial charge in [-0.25, -0.2) is 9.79 Å². The molecule has 0 radical (unpaired) electrons. The quantitative estimate of drug-likeness (QED) is 0.630. The molecule has 0 bridgehead atoms. The second-order valence-electron chi connectivity index (χ2n) is 6.67. The highest BCUT2D eigenvalue weighted by atomic mass is 32.2. The van der Waals surface area contributed by atoms with Crippen LogP contribution in [0.4, 0.5) is 0 Å². The fourth-order valence-electron chi connectivity index (χ4n) is 3.39. The summed E-state index contributed by atoms with van der Waals surface area (Å²) < 4.78 is 11.2. The number of ether oxygens (including phenoxy) is 2. The van der Waals surface area contributed by atoms with E-state index in [1.54, 1.807) is 11.8 Å². The van der Waals surface area contributed by atoms with Crippen LogP contribution in [0.25, 0.3) is 0 Å². The van der Waals surface area contributed by atoms with Gasteiger partial charge >= 0.3 is 5.97 Å². The Bertz CT molecular complexity index is 981. The molecular formula is C23H22N2O3S. The van der Waals surface area contributed by atoms with E-state index in [9.17, 15) is 4.79 Å². The monoisotopic (exact) mass is 406 g/mol. The molecular weight excluding hydrogens is 384 g/mol. The van der Waals surface area contributed by atoms with Crippen molar-refractivity contribution in [3.05, 3.63) is 88.6 Å². The third kappa shape index (κ3) is 4.07. The third-order valence-corrected chi connectivity index (χ3v) is 5.53. The number of fused-ring (bicyclic) bond motifs is 1. The van der Waals surface area contributed by atoms with Gasteiger partial charge in [0.1, 0.15) is 12.4 Å². The Morgan fingerprint density at radius 3 is 2.62 bits per heavy atom. The number of rotatable bonds is 6. The zero-order valence-electron chi connectivity index (χ0n) is 16.4. The predicted octanol–water partition coefficient (Wildman–Crippen LogP) is 5.03. The number of nitrogens with zero attached hydrogens (tertiary/aromatic N) is 2. The van der Waals surface area contributed by atoms with E-state index in [-0.39, 0.29) is 12.0 Å². The molecule has 2 aliphatic heterocycles. The minimum Gasteiger partial charge on any atom is -0.489 e. The summed E-state index contributed by atoms with van der Waals surface area (Å²) in [6.07, 6.45) is 1.96. The highest BCUT2D eigenvalue weighted by molar-refractivity contribution is 8.16. The van der Waals surface area contributed by atoms with Crippen molar-refractivity contribution in [1.82, 2.24) is 4.90 Å². The highest BCUT2D eigenvalue weighted by Gasteiger charge is 2.37. The van der Waals surface area contributed by atoms with Crippen LogP contribution in [-0.2, 0) is 16.1 Å². The molecule has 2 aliphatic rings. The van der Waals surface area contributed by atoms with Gasteiger partial charge in [0, 0.05) is 6.20 Å². The topological polar surface area (TPSA) is 51.1 Å². The van der Waals surface area contributed by atoms with Crippen molar-refractivity contribution in [2.75, 3.05) is 6.61 Å². The van der Waals surface area contributed by atoms with E-state index in [0.29, 0.717) is 24.5 Å². The van der Waals surface area contributed by atoms with Crippen molar-refractivity contribution in [3.63, 3.8) is 0 Å². The molecule has 5 nitrogen and oxygen atoms in total. The van der Waals surface area contributed by atoms with Crippen LogP contribution < -0.4 is 4.74 Å². The van der Waals surface area contributed by atoms with Gasteiger partial charge in [0.05, 0.1) is 23.9 Å². The lowest BCUT2D eigenvalue weighted by molar-refractivity contribution is -0.139. The van der Waals surface area contributed by atoms with Crippen LogP contribution >= 0.6 is 11.8 Å². The zero-order chi connectivity index (χ0) is 20.2. The minimum atomic E-state index is -0.326. The minimum absolute atomic E-state index is 0.268. The molecule has 0 amide bonds. The number of thioether (sulfide) groups is 1. The maximum Gasteiger partial charge on any atom is 0.338 e. The van der Waals surface area contributed by atoms with Gasteiger partial charge < -0.3 is 14.4 Å². The number of carbonyl (C=O) groups is 1. The second kappa shape index (κ2) is 8.57. The molecule has 0 aromatic heterocycles. The number of carbonyl (C=O) groups excluding carboxylic acids is 1. The van der Waals surface area contributed by atoms with Gasteiger partial charge in [-0.05, 0) is 42.5 Å². The summed E-state index contributed by atoms with van der Waals surface area (Å²) in [6.45, 7) is 4.51. The molecule has 2 aromatic carbocycles. The molecule has 1 atom stereocenters. The van der Waals surface area contributed by atoms with Crippen LogP contribution in [0.15, 0.2) is 82.5 Å². The van der Waals surface area contributed by atoms with Crippen LogP contribution in [0.1, 0.15) is 31.0 Å². The summed E-state index contributed by atoms with van der Waals surface area (Å²) in [5, 5.41) is 2.84. The van der Waals surface area contributed by atoms with Gasteiger partial charge in [0.25, 0.3) is 0 Å². The van der Waals surface area contributed by atoms with Gasteiger partial charge in [-0.15, -0.1) is 0 Å². The molecule has 6 heteroatoms. The maximum absolute atomic E-state index is 12.7. The zero-order valence-corrected chi connectivity index (χ0v) is 17.2. The lowest BCUT2D eigenvalue weighted by atomic mass is 9.95. The smallest absolute Gasteiger partial charge is 0.338 e. The Morgan fingerprint density at radius 1 is 1.14 bits per heavy atom. The molecule has 4 rings (SSSR count). The predicted molar refractivity (Wildman–Crippen MR) is 115 cm³/mol. The fourth-order valence-corrected chi connectivity index (χ4v) is 4.18. The summed E-state index contributed by atoms with van der Waals surface area (Å²) in [7, 11) is 0. The molecule has 0 saturated heterocycles. The summed E-state index contributed by atoms with van der Waals surface area (Å²) >= 11 is 1.55. The van der Waals surface area contributed by atoms with Gasteiger partial charge in [0.2, 0.25) is 0 Å². The van der Waals surface area contributed by atoms with E-state index in [1.165, 1.54) is 0 Å². The fraction of sp³-hybridized carbons (Fsp3) is 0.217. The van der Waals surface area contributed by atoms with E-state index in [0.717, 1.165) is 22.0 Å². The first kappa shape index (κ1) is 19.3. The van der Waals surface area contributed by atoms with Crippen LogP contribution in [0.5, 0.6) is 5.75 Å². The van der Waals surface area contributed by atoms with E-state index in [4.69, 9.17) is 9.47 Å². The Kier molecular flexibility index (Phi) is 5.71. The van der Waals surface area contributed by atoms with E-state index in [2.05, 4.69) is 4.99 Å². The second-order valence-corrected chi connectivity index (χ2v) is 7.54. The average molecular weight is 407 g/mol. The Labute approximate surface area is 174 Å². The molecule has 0 aliphatic carbocycles. The number of hydrogen-bond acceptors (Lipinski definition) is 6. The van der Waals surface area contributed by atoms with Gasteiger partial charge in [0.15, 0.2) is 5.17 Å². The molecule has 2 aromatic rings. The number of hydrogen-bond donors (Lipinski definition) is 0. The standard InChI is InChI=1S/C23H22N2O3S/c1-3-27-22(26)20-16(2)24-23-25(13-14-29-23)21(20)18-9-11-19(12-10-18)28-15-17-7-5-4-6-8-17/h4-14,21H,3,15H2,1-2H3/t21-/m1/s1. The SMILES string of the molecule is CCOC(=O)C1=C(C)N=C2SC=CN2[C@@H]1c1ccc(OCc2ccccc2)cc1. The van der Waals surface area contributed by atoms with Crippen molar-refractivity contribution in [2.45, 2.75) is 26.5 Å². The molecule has 0 spiro atoms. The number of aliphatic imine (C=N–C) groups is 1. The summed E-state index contributed by atoms with van der Waals surface area (Å²) in [5.41, 5.74) is 3.37. The molecule has 148 valence electrons. The van der Waals surface area contributed by atoms with Gasteiger partial charge in [-0.2, -0.15) is 0 Å². The maximum atomic E-state index is 12.7. The largest absolute Gasteiger partial charge is 0.489 e. The van der Waals surface area contributed by atoms with Crippen LogP contribution in [0.3, 0.4) is 0 Å². The lowest BCUT2D eigenvalue weighted by Crippen LogP contribution is -2.34. The summed E-state index contributed by atoms with van der Waals surface area (Å²) in [4.78, 5) is 19.3. The van der Waals surface area contributed by atoms with Crippen molar-refractivity contribution < 1.29 is 14.3 Å². The molecule has 2 heterocycles. The highest BCUT2D eigenvalue weighted by Crippen LogP contribution is 2.41. The lowest BCUT2D eigenvalue weighted by Gasteiger charge is -2.33. The molecule has 0 saturated carbocycles. The van der Waals surface area contributed by atoms with Gasteiger partial charge in [-0.3, -0.25) is 0 Å². The van der Waals surface area contributed by atoms with Crippen LogP contribution in [0, 0.1) is 0 Å². The summed E-state index contributed by atoms with van der Waals surface area (Å²) in [5.74, 6) is 0.458. The van der Waals surface area contributed by atoms with Crippen LogP contribution in [0.2, 0.25) is 0 Å². The first-order valence-corrected chi connectivity index (χ1v) is 10.4. The Balaban J connectivity index is 1.58. The van der Waals surface area contributed by atoms with Crippen molar-refractivity contribution in [1.29, 1.82) is 0 Å². The third-order valence-electron chi connectivity index (χ3n) is 4.76. The molecule has 0 fully saturated rings. The van der Waals surface area contributed by atoms with Crippen molar-refractivity contribution in [2.24, 2.45) is 4.99 Å². The van der Waals surface area contributed by atoms with E-state index < -0.39 is 0 Å². The Hall–Kier alpha value is -2.99. The van der Waals surface area contributed by atoms with E-state index in [1.807, 2.05) is 85.0 Å². The number of amidine groups is 1. The normalized spacial score (nSPS) is 17.8. The van der Waals surface area contributed by atoms with Gasteiger partial charge in [-0.1, -0.05) is 54.2 Å². The summed E-state index contributed by atoms with van der Waals surface area (Å²) in [6, 6.07) is 17.7.